The summed E-state index contributed by atoms with van der Waals surface area (Å²) in [4.78, 5) is 29.3. The summed E-state index contributed by atoms with van der Waals surface area (Å²) in [6.07, 6.45) is -0.282. The van der Waals surface area contributed by atoms with Crippen molar-refractivity contribution in [2.24, 2.45) is 0 Å². The molecule has 3 aliphatic rings. The molecule has 3 heterocycles. The molecule has 2 saturated heterocycles. The zero-order chi connectivity index (χ0) is 20.1. The molecule has 3 aliphatic heterocycles. The number of esters is 1. The van der Waals surface area contributed by atoms with Crippen LogP contribution in [0.4, 0.5) is 4.79 Å². The van der Waals surface area contributed by atoms with Crippen LogP contribution in [0.3, 0.4) is 0 Å². The maximum Gasteiger partial charge on any atom is 0.410 e. The van der Waals surface area contributed by atoms with Crippen LogP contribution in [0.5, 0.6) is 0 Å². The van der Waals surface area contributed by atoms with E-state index in [0.29, 0.717) is 18.7 Å². The molecular formula is C21H29N3O4. The molecule has 1 N–H and O–H groups in total. The van der Waals surface area contributed by atoms with Crippen LogP contribution in [0.2, 0.25) is 0 Å². The number of piperazine rings is 2. The predicted octanol–water partition coefficient (Wildman–Crippen LogP) is 2.23. The fourth-order valence-electron chi connectivity index (χ4n) is 4.42. The number of nitrogens with zero attached hydrogens (tertiary/aromatic N) is 2. The van der Waals surface area contributed by atoms with E-state index in [-0.39, 0.29) is 24.1 Å². The molecule has 2 atom stereocenters. The second-order valence-corrected chi connectivity index (χ2v) is 8.88. The third-order valence-corrected chi connectivity index (χ3v) is 5.86. The van der Waals surface area contributed by atoms with E-state index >= 15 is 0 Å². The lowest BCUT2D eigenvalue weighted by Crippen LogP contribution is -2.63. The van der Waals surface area contributed by atoms with Crippen molar-refractivity contribution in [3.8, 4) is 0 Å². The number of carbonyl (C=O) groups is 2. The van der Waals surface area contributed by atoms with E-state index in [1.807, 2.05) is 44.7 Å². The molecule has 7 nitrogen and oxygen atoms in total. The SMILES string of the molecule is Cc1c([C@@H]2CN3CCNCC3CN2C(=O)OC(C)(C)C)ccc2c1COC2=O. The summed E-state index contributed by atoms with van der Waals surface area (Å²) in [5.41, 5.74) is 3.14. The summed E-state index contributed by atoms with van der Waals surface area (Å²) in [5, 5.41) is 3.42. The topological polar surface area (TPSA) is 71.1 Å². The summed E-state index contributed by atoms with van der Waals surface area (Å²) in [7, 11) is 0. The van der Waals surface area contributed by atoms with Gasteiger partial charge in [0.1, 0.15) is 12.2 Å². The first-order valence-corrected chi connectivity index (χ1v) is 9.98. The van der Waals surface area contributed by atoms with E-state index in [2.05, 4.69) is 10.2 Å². The number of hydrogen-bond donors (Lipinski definition) is 1. The Morgan fingerprint density at radius 2 is 2.07 bits per heavy atom. The molecule has 7 heteroatoms. The van der Waals surface area contributed by atoms with E-state index < -0.39 is 5.60 Å². The van der Waals surface area contributed by atoms with E-state index in [4.69, 9.17) is 9.47 Å². The Kier molecular flexibility index (Phi) is 4.83. The number of cyclic esters (lactones) is 1. The van der Waals surface area contributed by atoms with Crippen LogP contribution in [0.15, 0.2) is 12.1 Å². The van der Waals surface area contributed by atoms with Crippen molar-refractivity contribution in [1.29, 1.82) is 0 Å². The Balaban J connectivity index is 1.69. The van der Waals surface area contributed by atoms with E-state index in [1.54, 1.807) is 0 Å². The maximum absolute atomic E-state index is 13.1. The highest BCUT2D eigenvalue weighted by molar-refractivity contribution is 5.94. The molecule has 0 spiro atoms. The maximum atomic E-state index is 13.1. The Hall–Kier alpha value is -2.12. The number of ether oxygens (including phenoxy) is 2. The highest BCUT2D eigenvalue weighted by Crippen LogP contribution is 2.35. The van der Waals surface area contributed by atoms with Gasteiger partial charge in [-0.3, -0.25) is 9.80 Å². The Morgan fingerprint density at radius 3 is 2.82 bits per heavy atom. The van der Waals surface area contributed by atoms with Gasteiger partial charge in [0.05, 0.1) is 11.6 Å². The molecule has 0 bridgehead atoms. The zero-order valence-electron chi connectivity index (χ0n) is 17.1. The molecule has 0 aromatic heterocycles. The smallest absolute Gasteiger partial charge is 0.410 e. The minimum Gasteiger partial charge on any atom is -0.457 e. The fraction of sp³-hybridized carbons (Fsp3) is 0.619. The minimum atomic E-state index is -0.545. The van der Waals surface area contributed by atoms with Gasteiger partial charge in [0.2, 0.25) is 0 Å². The van der Waals surface area contributed by atoms with Crippen LogP contribution in [-0.2, 0) is 16.1 Å². The second kappa shape index (κ2) is 7.04. The lowest BCUT2D eigenvalue weighted by atomic mass is 9.91. The average Bonchev–Trinajstić information content (AvgIpc) is 3.01. The molecule has 1 unspecified atom stereocenters. The van der Waals surface area contributed by atoms with Crippen molar-refractivity contribution in [2.75, 3.05) is 32.7 Å². The summed E-state index contributed by atoms with van der Waals surface area (Å²) >= 11 is 0. The summed E-state index contributed by atoms with van der Waals surface area (Å²) in [5.74, 6) is -0.264. The van der Waals surface area contributed by atoms with Gasteiger partial charge in [0.25, 0.3) is 0 Å². The molecule has 1 aromatic carbocycles. The quantitative estimate of drug-likeness (QED) is 0.745. The van der Waals surface area contributed by atoms with Gasteiger partial charge >= 0.3 is 12.1 Å². The number of rotatable bonds is 1. The molecule has 0 aliphatic carbocycles. The number of amides is 1. The van der Waals surface area contributed by atoms with E-state index in [9.17, 15) is 9.59 Å². The lowest BCUT2D eigenvalue weighted by Gasteiger charge is -2.48. The van der Waals surface area contributed by atoms with Gasteiger partial charge in [0, 0.05) is 44.3 Å². The van der Waals surface area contributed by atoms with Crippen LogP contribution < -0.4 is 5.32 Å². The summed E-state index contributed by atoms with van der Waals surface area (Å²) in [6.45, 7) is 12.2. The van der Waals surface area contributed by atoms with Gasteiger partial charge in [-0.15, -0.1) is 0 Å². The van der Waals surface area contributed by atoms with E-state index in [0.717, 1.165) is 42.9 Å². The van der Waals surface area contributed by atoms with Crippen molar-refractivity contribution < 1.29 is 19.1 Å². The van der Waals surface area contributed by atoms with E-state index in [1.165, 1.54) is 0 Å². The molecule has 152 valence electrons. The monoisotopic (exact) mass is 387 g/mol. The second-order valence-electron chi connectivity index (χ2n) is 8.88. The van der Waals surface area contributed by atoms with Gasteiger partial charge < -0.3 is 14.8 Å². The van der Waals surface area contributed by atoms with Gasteiger partial charge in [-0.1, -0.05) is 6.07 Å². The van der Waals surface area contributed by atoms with Crippen LogP contribution in [0, 0.1) is 6.92 Å². The largest absolute Gasteiger partial charge is 0.457 e. The number of benzene rings is 1. The summed E-state index contributed by atoms with van der Waals surface area (Å²) in [6, 6.07) is 4.00. The molecular weight excluding hydrogens is 358 g/mol. The van der Waals surface area contributed by atoms with Gasteiger partial charge in [0.15, 0.2) is 0 Å². The van der Waals surface area contributed by atoms with Crippen molar-refractivity contribution in [3.05, 3.63) is 34.4 Å². The van der Waals surface area contributed by atoms with Crippen LogP contribution in [-0.4, -0.2) is 66.2 Å². The van der Waals surface area contributed by atoms with Crippen molar-refractivity contribution in [3.63, 3.8) is 0 Å². The van der Waals surface area contributed by atoms with Crippen molar-refractivity contribution in [1.82, 2.24) is 15.1 Å². The number of carbonyl (C=O) groups excluding carboxylic acids is 2. The Morgan fingerprint density at radius 1 is 1.29 bits per heavy atom. The van der Waals surface area contributed by atoms with Gasteiger partial charge in [-0.2, -0.15) is 0 Å². The average molecular weight is 387 g/mol. The zero-order valence-corrected chi connectivity index (χ0v) is 17.1. The molecule has 0 saturated carbocycles. The first kappa shape index (κ1) is 19.2. The van der Waals surface area contributed by atoms with Gasteiger partial charge in [-0.05, 0) is 44.9 Å². The van der Waals surface area contributed by atoms with Crippen molar-refractivity contribution >= 4 is 12.1 Å². The molecule has 1 amide bonds. The number of hydrogen-bond acceptors (Lipinski definition) is 6. The third kappa shape index (κ3) is 3.49. The minimum absolute atomic E-state index is 0.106. The summed E-state index contributed by atoms with van der Waals surface area (Å²) < 4.78 is 10.9. The number of nitrogens with one attached hydrogen (secondary N) is 1. The van der Waals surface area contributed by atoms with Gasteiger partial charge in [-0.25, -0.2) is 9.59 Å². The highest BCUT2D eigenvalue weighted by Gasteiger charge is 2.41. The molecule has 2 fully saturated rings. The highest BCUT2D eigenvalue weighted by atomic mass is 16.6. The molecule has 28 heavy (non-hydrogen) atoms. The fourth-order valence-corrected chi connectivity index (χ4v) is 4.42. The van der Waals surface area contributed by atoms with Crippen molar-refractivity contribution in [2.45, 2.75) is 52.0 Å². The van der Waals surface area contributed by atoms with Crippen LogP contribution in [0.1, 0.15) is 53.9 Å². The standard InChI is InChI=1S/C21H29N3O4/c1-13-15(5-6-16-17(13)12-27-19(16)25)18-11-23-8-7-22-9-14(23)10-24(18)20(26)28-21(2,3)4/h5-6,14,18,22H,7-12H2,1-4H3/t14?,18-/m0/s1. The number of fused-ring (bicyclic) bond motifs is 2. The first-order chi connectivity index (χ1) is 13.2. The molecule has 4 rings (SSSR count). The Bertz CT molecular complexity index is 802. The normalized spacial score (nSPS) is 25.1. The van der Waals surface area contributed by atoms with Crippen LogP contribution >= 0.6 is 0 Å². The third-order valence-electron chi connectivity index (χ3n) is 5.86. The molecule has 0 radical (unpaired) electrons. The first-order valence-electron chi connectivity index (χ1n) is 9.98. The lowest BCUT2D eigenvalue weighted by molar-refractivity contribution is -0.0213. The van der Waals surface area contributed by atoms with Crippen LogP contribution in [0.25, 0.3) is 0 Å². The molecule has 1 aromatic rings. The predicted molar refractivity (Wildman–Crippen MR) is 104 cm³/mol. The Labute approximate surface area is 166 Å².